The summed E-state index contributed by atoms with van der Waals surface area (Å²) in [6, 6.07) is 8.76. The highest BCUT2D eigenvalue weighted by Gasteiger charge is 2.33. The monoisotopic (exact) mass is 292 g/mol. The number of hydrogen-bond acceptors (Lipinski definition) is 4. The highest BCUT2D eigenvalue weighted by molar-refractivity contribution is 7.92. The Morgan fingerprint density at radius 3 is 2.75 bits per heavy atom. The predicted molar refractivity (Wildman–Crippen MR) is 75.9 cm³/mol. The van der Waals surface area contributed by atoms with Crippen LogP contribution in [0.2, 0.25) is 0 Å². The van der Waals surface area contributed by atoms with Crippen LogP contribution < -0.4 is 10.0 Å². The molecule has 0 saturated heterocycles. The molecule has 6 nitrogen and oxygen atoms in total. The number of hydrogen-bond donors (Lipinski definition) is 1. The van der Waals surface area contributed by atoms with E-state index < -0.39 is 10.0 Å². The molecule has 1 aromatic heterocycles. The van der Waals surface area contributed by atoms with Crippen molar-refractivity contribution in [3.05, 3.63) is 42.1 Å². The number of fused-ring (bicyclic) bond motifs is 1. The molecule has 20 heavy (non-hydrogen) atoms. The van der Waals surface area contributed by atoms with Gasteiger partial charge in [0.25, 0.3) is 10.0 Å². The van der Waals surface area contributed by atoms with E-state index >= 15 is 0 Å². The van der Waals surface area contributed by atoms with Gasteiger partial charge in [0.15, 0.2) is 5.03 Å². The van der Waals surface area contributed by atoms with E-state index in [1.807, 2.05) is 24.3 Å². The van der Waals surface area contributed by atoms with Crippen molar-refractivity contribution < 1.29 is 8.42 Å². The molecular formula is C13H16N4O2S. The van der Waals surface area contributed by atoms with Gasteiger partial charge in [-0.05, 0) is 24.1 Å². The fourth-order valence-corrected chi connectivity index (χ4v) is 4.20. The Bertz CT molecular complexity index is 738. The number of benzene rings is 1. The summed E-state index contributed by atoms with van der Waals surface area (Å²) in [7, 11) is -2.03. The molecule has 7 heteroatoms. The molecule has 1 atom stereocenters. The molecule has 0 amide bonds. The third kappa shape index (κ3) is 1.99. The second-order valence-corrected chi connectivity index (χ2v) is 6.73. The molecular weight excluding hydrogens is 276 g/mol. The lowest BCUT2D eigenvalue weighted by Gasteiger charge is -2.33. The molecule has 0 aliphatic carbocycles. The van der Waals surface area contributed by atoms with Crippen LogP contribution in [0.4, 0.5) is 5.69 Å². The highest BCUT2D eigenvalue weighted by Crippen LogP contribution is 2.31. The number of aryl methyl sites for hydroxylation is 1. The Hall–Kier alpha value is -1.86. The van der Waals surface area contributed by atoms with E-state index in [0.29, 0.717) is 12.1 Å². The van der Waals surface area contributed by atoms with Crippen molar-refractivity contribution in [1.82, 2.24) is 9.78 Å². The SMILES string of the molecule is Cn1nccc1S(=O)(=O)N1CC(N)Cc2ccccc21. The molecule has 0 spiro atoms. The Balaban J connectivity index is 2.13. The number of aromatic nitrogens is 2. The first-order valence-electron chi connectivity index (χ1n) is 6.34. The standard InChI is InChI=1S/C13H16N4O2S/c1-16-13(6-7-15-16)20(18,19)17-9-11(14)8-10-4-2-3-5-12(10)17/h2-7,11H,8-9,14H2,1H3. The third-order valence-corrected chi connectivity index (χ3v) is 5.33. The fraction of sp³-hybridized carbons (Fsp3) is 0.308. The number of para-hydroxylation sites is 1. The van der Waals surface area contributed by atoms with Gasteiger partial charge in [-0.1, -0.05) is 18.2 Å². The van der Waals surface area contributed by atoms with Crippen LogP contribution in [0.1, 0.15) is 5.56 Å². The molecule has 106 valence electrons. The smallest absolute Gasteiger partial charge is 0.281 e. The minimum absolute atomic E-state index is 0.168. The average molecular weight is 292 g/mol. The maximum atomic E-state index is 12.8. The zero-order chi connectivity index (χ0) is 14.3. The molecule has 1 aliphatic heterocycles. The molecule has 2 heterocycles. The predicted octanol–water partition coefficient (Wildman–Crippen LogP) is 0.499. The Morgan fingerprint density at radius 1 is 1.30 bits per heavy atom. The van der Waals surface area contributed by atoms with Crippen molar-refractivity contribution in [2.24, 2.45) is 12.8 Å². The molecule has 0 fully saturated rings. The van der Waals surface area contributed by atoms with Gasteiger partial charge in [-0.15, -0.1) is 0 Å². The largest absolute Gasteiger partial charge is 0.326 e. The summed E-state index contributed by atoms with van der Waals surface area (Å²) in [6.45, 7) is 0.282. The molecule has 0 saturated carbocycles. The van der Waals surface area contributed by atoms with Gasteiger partial charge >= 0.3 is 0 Å². The van der Waals surface area contributed by atoms with Crippen LogP contribution in [-0.4, -0.2) is 30.8 Å². The molecule has 0 bridgehead atoms. The van der Waals surface area contributed by atoms with Crippen LogP contribution in [-0.2, 0) is 23.5 Å². The van der Waals surface area contributed by atoms with Crippen LogP contribution in [0.3, 0.4) is 0 Å². The fourth-order valence-electron chi connectivity index (χ4n) is 2.54. The van der Waals surface area contributed by atoms with E-state index in [4.69, 9.17) is 5.73 Å². The summed E-state index contributed by atoms with van der Waals surface area (Å²) in [5.41, 5.74) is 7.66. The van der Waals surface area contributed by atoms with Crippen LogP contribution >= 0.6 is 0 Å². The van der Waals surface area contributed by atoms with Crippen molar-refractivity contribution in [3.63, 3.8) is 0 Å². The summed E-state index contributed by atoms with van der Waals surface area (Å²) in [5.74, 6) is 0. The van der Waals surface area contributed by atoms with Gasteiger partial charge in [0.05, 0.1) is 11.9 Å². The van der Waals surface area contributed by atoms with Gasteiger partial charge in [-0.2, -0.15) is 13.5 Å². The number of sulfonamides is 1. The maximum absolute atomic E-state index is 12.8. The van der Waals surface area contributed by atoms with Crippen molar-refractivity contribution in [2.75, 3.05) is 10.8 Å². The second-order valence-electron chi connectivity index (χ2n) is 4.92. The summed E-state index contributed by atoms with van der Waals surface area (Å²) < 4.78 is 28.3. The molecule has 2 aromatic rings. The molecule has 3 rings (SSSR count). The Labute approximate surface area is 117 Å². The van der Waals surface area contributed by atoms with Gasteiger partial charge in [0.2, 0.25) is 0 Å². The van der Waals surface area contributed by atoms with Gasteiger partial charge in [0, 0.05) is 19.6 Å². The van der Waals surface area contributed by atoms with E-state index in [2.05, 4.69) is 5.10 Å². The molecule has 2 N–H and O–H groups in total. The zero-order valence-electron chi connectivity index (χ0n) is 11.1. The van der Waals surface area contributed by atoms with Crippen LogP contribution in [0, 0.1) is 0 Å². The minimum atomic E-state index is -3.64. The van der Waals surface area contributed by atoms with E-state index in [1.54, 1.807) is 7.05 Å². The number of nitrogens with zero attached hydrogens (tertiary/aromatic N) is 3. The van der Waals surface area contributed by atoms with Gasteiger partial charge < -0.3 is 5.73 Å². The van der Waals surface area contributed by atoms with Crippen molar-refractivity contribution in [3.8, 4) is 0 Å². The first-order chi connectivity index (χ1) is 9.50. The Morgan fingerprint density at radius 2 is 2.05 bits per heavy atom. The molecule has 1 aromatic carbocycles. The first-order valence-corrected chi connectivity index (χ1v) is 7.78. The summed E-state index contributed by atoms with van der Waals surface area (Å²) >= 11 is 0. The number of nitrogens with two attached hydrogens (primary N) is 1. The highest BCUT2D eigenvalue weighted by atomic mass is 32.2. The van der Waals surface area contributed by atoms with Crippen molar-refractivity contribution >= 4 is 15.7 Å². The summed E-state index contributed by atoms with van der Waals surface area (Å²) in [5, 5.41) is 4.10. The number of anilines is 1. The van der Waals surface area contributed by atoms with E-state index in [1.165, 1.54) is 21.3 Å². The van der Waals surface area contributed by atoms with Gasteiger partial charge in [0.1, 0.15) is 0 Å². The lowest BCUT2D eigenvalue weighted by atomic mass is 10.0. The number of rotatable bonds is 2. The quantitative estimate of drug-likeness (QED) is 0.874. The normalized spacial score (nSPS) is 18.9. The van der Waals surface area contributed by atoms with Gasteiger partial charge in [-0.3, -0.25) is 8.99 Å². The van der Waals surface area contributed by atoms with E-state index in [9.17, 15) is 8.42 Å². The van der Waals surface area contributed by atoms with Crippen LogP contribution in [0.5, 0.6) is 0 Å². The molecule has 1 aliphatic rings. The van der Waals surface area contributed by atoms with Crippen LogP contribution in [0.15, 0.2) is 41.6 Å². The van der Waals surface area contributed by atoms with E-state index in [0.717, 1.165) is 5.56 Å². The van der Waals surface area contributed by atoms with Crippen molar-refractivity contribution in [1.29, 1.82) is 0 Å². The van der Waals surface area contributed by atoms with Crippen LogP contribution in [0.25, 0.3) is 0 Å². The van der Waals surface area contributed by atoms with Gasteiger partial charge in [-0.25, -0.2) is 0 Å². The summed E-state index contributed by atoms with van der Waals surface area (Å²) in [4.78, 5) is 0. The average Bonchev–Trinajstić information content (AvgIpc) is 2.84. The lowest BCUT2D eigenvalue weighted by molar-refractivity contribution is 0.559. The minimum Gasteiger partial charge on any atom is -0.326 e. The second kappa shape index (κ2) is 4.60. The lowest BCUT2D eigenvalue weighted by Crippen LogP contribution is -2.46. The van der Waals surface area contributed by atoms with Crippen molar-refractivity contribution in [2.45, 2.75) is 17.5 Å². The zero-order valence-corrected chi connectivity index (χ0v) is 11.9. The topological polar surface area (TPSA) is 81.2 Å². The van der Waals surface area contributed by atoms with E-state index in [-0.39, 0.29) is 17.6 Å². The maximum Gasteiger partial charge on any atom is 0.281 e. The molecule has 0 radical (unpaired) electrons. The molecule has 1 unspecified atom stereocenters. The summed E-state index contributed by atoms with van der Waals surface area (Å²) in [6.07, 6.45) is 2.16. The first kappa shape index (κ1) is 13.1. The Kier molecular flexibility index (Phi) is 3.02. The third-order valence-electron chi connectivity index (χ3n) is 3.47.